The second-order valence-electron chi connectivity index (χ2n) is 6.52. The van der Waals surface area contributed by atoms with Gasteiger partial charge in [-0.05, 0) is 39.0 Å². The van der Waals surface area contributed by atoms with Crippen molar-refractivity contribution in [1.29, 1.82) is 0 Å². The van der Waals surface area contributed by atoms with Crippen LogP contribution < -0.4 is 10.6 Å². The van der Waals surface area contributed by atoms with Crippen molar-refractivity contribution in [1.82, 2.24) is 10.6 Å². The fraction of sp³-hybridized carbons (Fsp3) is 0.611. The molecule has 0 aromatic heterocycles. The van der Waals surface area contributed by atoms with Crippen LogP contribution in [-0.2, 0) is 15.6 Å². The van der Waals surface area contributed by atoms with Crippen LogP contribution >= 0.6 is 11.8 Å². The molecule has 0 aliphatic heterocycles. The van der Waals surface area contributed by atoms with E-state index in [4.69, 9.17) is 0 Å². The van der Waals surface area contributed by atoms with E-state index in [0.717, 1.165) is 18.1 Å². The van der Waals surface area contributed by atoms with E-state index in [-0.39, 0.29) is 16.3 Å². The lowest BCUT2D eigenvalue weighted by atomic mass is 10.2. The molecule has 0 atom stereocenters. The summed E-state index contributed by atoms with van der Waals surface area (Å²) >= 11 is 1.78. The summed E-state index contributed by atoms with van der Waals surface area (Å²) in [5.41, 5.74) is 0.838. The first kappa shape index (κ1) is 21.8. The fourth-order valence-electron chi connectivity index (χ4n) is 2.07. The third-order valence-corrected chi connectivity index (χ3v) is 6.59. The molecule has 0 amide bonds. The summed E-state index contributed by atoms with van der Waals surface area (Å²) < 4.78 is 24.5. The van der Waals surface area contributed by atoms with E-state index in [1.165, 1.54) is 0 Å². The van der Waals surface area contributed by atoms with Crippen molar-refractivity contribution in [3.8, 4) is 0 Å². The lowest BCUT2D eigenvalue weighted by Gasteiger charge is -2.20. The highest BCUT2D eigenvalue weighted by Crippen LogP contribution is 2.20. The first-order valence-electron chi connectivity index (χ1n) is 8.59. The molecule has 1 aromatic carbocycles. The second-order valence-corrected chi connectivity index (χ2v) is 10.2. The highest BCUT2D eigenvalue weighted by atomic mass is 32.2. The number of aliphatic imine (C=N–C) groups is 1. The summed E-state index contributed by atoms with van der Waals surface area (Å²) in [5.74, 6) is 1.01. The van der Waals surface area contributed by atoms with E-state index in [2.05, 4.69) is 35.7 Å². The van der Waals surface area contributed by atoms with Gasteiger partial charge in [0, 0.05) is 17.8 Å². The average Bonchev–Trinajstić information content (AvgIpc) is 2.57. The van der Waals surface area contributed by atoms with Gasteiger partial charge in [-0.2, -0.15) is 11.8 Å². The maximum Gasteiger partial charge on any atom is 0.191 e. The minimum absolute atomic E-state index is 0.0847. The van der Waals surface area contributed by atoms with Crippen molar-refractivity contribution in [2.75, 3.05) is 31.6 Å². The van der Waals surface area contributed by atoms with Gasteiger partial charge in [-0.1, -0.05) is 30.3 Å². The smallest absolute Gasteiger partial charge is 0.191 e. The summed E-state index contributed by atoms with van der Waals surface area (Å²) in [7, 11) is -3.09. The molecular weight excluding hydrogens is 354 g/mol. The summed E-state index contributed by atoms with van der Waals surface area (Å²) in [4.78, 5) is 4.58. The van der Waals surface area contributed by atoms with Crippen molar-refractivity contribution in [2.45, 2.75) is 37.7 Å². The fourth-order valence-corrected chi connectivity index (χ4v) is 3.70. The van der Waals surface area contributed by atoms with Gasteiger partial charge in [-0.3, -0.25) is 4.99 Å². The highest BCUT2D eigenvalue weighted by molar-refractivity contribution is 7.99. The predicted octanol–water partition coefficient (Wildman–Crippen LogP) is 2.69. The van der Waals surface area contributed by atoms with Crippen molar-refractivity contribution in [3.63, 3.8) is 0 Å². The van der Waals surface area contributed by atoms with Crippen LogP contribution in [0.3, 0.4) is 0 Å². The Balaban J connectivity index is 2.44. The van der Waals surface area contributed by atoms with Gasteiger partial charge in [0.15, 0.2) is 15.8 Å². The molecule has 0 spiro atoms. The van der Waals surface area contributed by atoms with Crippen LogP contribution in [0, 0.1) is 0 Å². The molecule has 0 saturated carbocycles. The van der Waals surface area contributed by atoms with E-state index in [1.54, 1.807) is 11.8 Å². The molecule has 25 heavy (non-hydrogen) atoms. The van der Waals surface area contributed by atoms with E-state index in [1.807, 2.05) is 37.3 Å². The third kappa shape index (κ3) is 9.75. The zero-order valence-electron chi connectivity index (χ0n) is 15.7. The van der Waals surface area contributed by atoms with Crippen LogP contribution in [0.15, 0.2) is 35.3 Å². The number of guanidine groups is 1. The molecule has 5 nitrogen and oxygen atoms in total. The first-order valence-corrected chi connectivity index (χ1v) is 11.6. The average molecular weight is 386 g/mol. The van der Waals surface area contributed by atoms with Gasteiger partial charge in [0.2, 0.25) is 0 Å². The molecule has 0 aliphatic carbocycles. The normalized spacial score (nSPS) is 12.9. The van der Waals surface area contributed by atoms with Gasteiger partial charge in [-0.15, -0.1) is 0 Å². The van der Waals surface area contributed by atoms with Crippen LogP contribution in [0.1, 0.15) is 32.8 Å². The maximum absolute atomic E-state index is 12.2. The molecule has 0 aliphatic rings. The van der Waals surface area contributed by atoms with Crippen LogP contribution in [0.4, 0.5) is 0 Å². The molecule has 2 N–H and O–H groups in total. The number of nitrogens with one attached hydrogen (secondary N) is 2. The number of benzene rings is 1. The Morgan fingerprint density at radius 2 is 1.88 bits per heavy atom. The van der Waals surface area contributed by atoms with Crippen LogP contribution in [0.25, 0.3) is 0 Å². The van der Waals surface area contributed by atoms with Crippen LogP contribution in [0.2, 0.25) is 0 Å². The van der Waals surface area contributed by atoms with Crippen LogP contribution in [0.5, 0.6) is 0 Å². The zero-order valence-corrected chi connectivity index (χ0v) is 17.3. The standard InChI is InChI=1S/C18H31N3O2S2/c1-5-19-17(21-15-18(2,3)24-4)20-12-9-13-25(22,23)14-16-10-7-6-8-11-16/h6-8,10-11H,5,9,12-15H2,1-4H3,(H2,19,20,21). The minimum Gasteiger partial charge on any atom is -0.357 e. The van der Waals surface area contributed by atoms with Gasteiger partial charge >= 0.3 is 0 Å². The van der Waals surface area contributed by atoms with Crippen molar-refractivity contribution >= 4 is 27.6 Å². The van der Waals surface area contributed by atoms with Gasteiger partial charge in [0.05, 0.1) is 18.1 Å². The molecule has 0 bridgehead atoms. The van der Waals surface area contributed by atoms with Crippen molar-refractivity contribution in [3.05, 3.63) is 35.9 Å². The lowest BCUT2D eigenvalue weighted by molar-refractivity contribution is 0.591. The van der Waals surface area contributed by atoms with Gasteiger partial charge in [0.25, 0.3) is 0 Å². The molecule has 7 heteroatoms. The number of rotatable bonds is 10. The van der Waals surface area contributed by atoms with Gasteiger partial charge < -0.3 is 10.6 Å². The summed E-state index contributed by atoms with van der Waals surface area (Å²) in [5, 5.41) is 6.42. The monoisotopic (exact) mass is 385 g/mol. The number of sulfone groups is 1. The van der Waals surface area contributed by atoms with Crippen molar-refractivity contribution < 1.29 is 8.42 Å². The Hall–Kier alpha value is -1.21. The Morgan fingerprint density at radius 3 is 2.48 bits per heavy atom. The van der Waals surface area contributed by atoms with E-state index < -0.39 is 9.84 Å². The van der Waals surface area contributed by atoms with Crippen molar-refractivity contribution in [2.24, 2.45) is 4.99 Å². The van der Waals surface area contributed by atoms with Gasteiger partial charge in [-0.25, -0.2) is 8.42 Å². The molecule has 1 aromatic rings. The third-order valence-electron chi connectivity index (χ3n) is 3.67. The topological polar surface area (TPSA) is 70.6 Å². The zero-order chi connectivity index (χ0) is 18.8. The number of thioether (sulfide) groups is 1. The van der Waals surface area contributed by atoms with E-state index >= 15 is 0 Å². The maximum atomic E-state index is 12.2. The van der Waals surface area contributed by atoms with E-state index in [0.29, 0.717) is 19.5 Å². The minimum atomic E-state index is -3.09. The Labute approximate surface area is 157 Å². The lowest BCUT2D eigenvalue weighted by Crippen LogP contribution is -2.39. The quantitative estimate of drug-likeness (QED) is 0.368. The predicted molar refractivity (Wildman–Crippen MR) is 110 cm³/mol. The number of nitrogens with zero attached hydrogens (tertiary/aromatic N) is 1. The summed E-state index contributed by atoms with van der Waals surface area (Å²) in [6, 6.07) is 9.31. The SMILES string of the molecule is CCNC(=NCC(C)(C)SC)NCCCS(=O)(=O)Cc1ccccc1. The molecular formula is C18H31N3O2S2. The molecule has 0 saturated heterocycles. The molecule has 0 fully saturated rings. The second kappa shape index (κ2) is 10.7. The number of hydrogen-bond acceptors (Lipinski definition) is 4. The summed E-state index contributed by atoms with van der Waals surface area (Å²) in [6.07, 6.45) is 2.64. The summed E-state index contributed by atoms with van der Waals surface area (Å²) in [6.45, 7) is 8.39. The molecule has 1 rings (SSSR count). The van der Waals surface area contributed by atoms with Gasteiger partial charge in [0.1, 0.15) is 0 Å². The molecule has 142 valence electrons. The number of hydrogen-bond donors (Lipinski definition) is 2. The molecule has 0 radical (unpaired) electrons. The largest absolute Gasteiger partial charge is 0.357 e. The Morgan fingerprint density at radius 1 is 1.20 bits per heavy atom. The molecule has 0 unspecified atom stereocenters. The first-order chi connectivity index (χ1) is 11.8. The highest BCUT2D eigenvalue weighted by Gasteiger charge is 2.15. The van der Waals surface area contributed by atoms with E-state index in [9.17, 15) is 8.42 Å². The molecule has 0 heterocycles. The van der Waals surface area contributed by atoms with Crippen LogP contribution in [-0.4, -0.2) is 50.8 Å². The Kier molecular flexibility index (Phi) is 9.35. The Bertz CT molecular complexity index is 629.